The largest absolute Gasteiger partial charge is 0.497 e. The molecule has 1 atom stereocenters. The zero-order valence-corrected chi connectivity index (χ0v) is 25.3. The summed E-state index contributed by atoms with van der Waals surface area (Å²) in [5, 5.41) is 0.271. The zero-order chi connectivity index (χ0) is 30.7. The molecule has 0 amide bonds. The predicted octanol–water partition coefficient (Wildman–Crippen LogP) is 4.69. The Labute approximate surface area is 255 Å². The van der Waals surface area contributed by atoms with Crippen LogP contribution in [0.4, 0.5) is 0 Å². The lowest BCUT2D eigenvalue weighted by Crippen LogP contribution is -2.39. The quantitative estimate of drug-likeness (QED) is 0.208. The number of carbonyl (C=O) groups is 2. The summed E-state index contributed by atoms with van der Waals surface area (Å²) in [5.41, 5.74) is 1.99. The van der Waals surface area contributed by atoms with Crippen LogP contribution < -0.4 is 29.1 Å². The number of methoxy groups -OCH3 is 2. The molecule has 5 rings (SSSR count). The van der Waals surface area contributed by atoms with Crippen molar-refractivity contribution in [2.75, 3.05) is 20.8 Å². The summed E-state index contributed by atoms with van der Waals surface area (Å²) in [6.45, 7) is 3.64. The molecule has 220 valence electrons. The Kier molecular flexibility index (Phi) is 8.79. The van der Waals surface area contributed by atoms with Gasteiger partial charge in [-0.25, -0.2) is 14.6 Å². The number of rotatable bonds is 8. The number of benzene rings is 3. The van der Waals surface area contributed by atoms with Gasteiger partial charge in [0.15, 0.2) is 16.3 Å². The van der Waals surface area contributed by atoms with Crippen molar-refractivity contribution in [1.29, 1.82) is 0 Å². The minimum absolute atomic E-state index is 0.181. The molecule has 43 heavy (non-hydrogen) atoms. The second kappa shape index (κ2) is 12.7. The van der Waals surface area contributed by atoms with Gasteiger partial charge in [0.25, 0.3) is 5.56 Å². The minimum atomic E-state index is -0.746. The second-order valence-electron chi connectivity index (χ2n) is 9.36. The first-order valence-electron chi connectivity index (χ1n) is 13.2. The van der Waals surface area contributed by atoms with Crippen molar-refractivity contribution in [3.63, 3.8) is 0 Å². The Balaban J connectivity index is 1.56. The molecule has 0 saturated heterocycles. The molecule has 1 aliphatic rings. The summed E-state index contributed by atoms with van der Waals surface area (Å²) < 4.78 is 23.6. The van der Waals surface area contributed by atoms with Gasteiger partial charge < -0.3 is 18.9 Å². The molecule has 9 nitrogen and oxygen atoms in total. The van der Waals surface area contributed by atoms with Crippen molar-refractivity contribution < 1.29 is 28.5 Å². The summed E-state index contributed by atoms with van der Waals surface area (Å²) in [6, 6.07) is 17.9. The highest BCUT2D eigenvalue weighted by Gasteiger charge is 2.33. The van der Waals surface area contributed by atoms with E-state index in [1.807, 2.05) is 12.1 Å². The fraction of sp³-hybridized carbons (Fsp3) is 0.188. The number of aromatic nitrogens is 1. The minimum Gasteiger partial charge on any atom is -0.497 e. The number of ether oxygens (including phenoxy) is 4. The fourth-order valence-electron chi connectivity index (χ4n) is 4.68. The molecular formula is C32H27ClN2O7S. The zero-order valence-electron chi connectivity index (χ0n) is 23.8. The van der Waals surface area contributed by atoms with E-state index in [1.165, 1.54) is 23.0 Å². The lowest BCUT2D eigenvalue weighted by Gasteiger charge is -2.24. The van der Waals surface area contributed by atoms with Gasteiger partial charge in [-0.05, 0) is 67.4 Å². The SMILES string of the molecule is CCOC(=O)C1=C(C)N=c2s/c(=C\c3ccc(OC(=O)c4ccccc4Cl)c(OC)c3)c(=O)n2C1c1ccc(OC)cc1. The molecule has 4 aromatic rings. The third-order valence-electron chi connectivity index (χ3n) is 6.73. The smallest absolute Gasteiger partial charge is 0.345 e. The van der Waals surface area contributed by atoms with E-state index < -0.39 is 18.0 Å². The molecule has 1 unspecified atom stereocenters. The number of allylic oxidation sites excluding steroid dienone is 1. The van der Waals surface area contributed by atoms with Gasteiger partial charge in [-0.15, -0.1) is 0 Å². The summed E-state index contributed by atoms with van der Waals surface area (Å²) in [4.78, 5) is 44.7. The fourth-order valence-corrected chi connectivity index (χ4v) is 5.94. The van der Waals surface area contributed by atoms with Gasteiger partial charge in [0.1, 0.15) is 5.75 Å². The van der Waals surface area contributed by atoms with E-state index in [1.54, 1.807) is 81.6 Å². The van der Waals surface area contributed by atoms with E-state index in [4.69, 9.17) is 30.5 Å². The molecule has 1 aromatic heterocycles. The lowest BCUT2D eigenvalue weighted by atomic mass is 9.96. The topological polar surface area (TPSA) is 105 Å². The number of esters is 2. The van der Waals surface area contributed by atoms with Crippen LogP contribution in [0.15, 0.2) is 87.8 Å². The normalized spacial score (nSPS) is 14.5. The first-order chi connectivity index (χ1) is 20.7. The standard InChI is InChI=1S/C32H27ClN2O7S/c1-5-41-31(38)27-18(2)34-32-35(28(27)20-11-13-21(39-3)14-12-20)29(36)26(43-32)17-19-10-15-24(25(16-19)40-4)42-30(37)22-8-6-7-9-23(22)33/h6-17,28H,5H2,1-4H3/b26-17-. The third-order valence-corrected chi connectivity index (χ3v) is 8.04. The van der Waals surface area contributed by atoms with Crippen LogP contribution in [0.5, 0.6) is 17.2 Å². The molecule has 2 heterocycles. The lowest BCUT2D eigenvalue weighted by molar-refractivity contribution is -0.139. The average molecular weight is 619 g/mol. The van der Waals surface area contributed by atoms with Crippen molar-refractivity contribution in [3.05, 3.63) is 119 Å². The summed E-state index contributed by atoms with van der Waals surface area (Å²) in [7, 11) is 3.02. The number of thiazole rings is 1. The maximum atomic E-state index is 13.9. The number of hydrogen-bond acceptors (Lipinski definition) is 9. The second-order valence-corrected chi connectivity index (χ2v) is 10.8. The van der Waals surface area contributed by atoms with Gasteiger partial charge in [0.2, 0.25) is 0 Å². The van der Waals surface area contributed by atoms with E-state index in [0.29, 0.717) is 37.7 Å². The van der Waals surface area contributed by atoms with E-state index in [2.05, 4.69) is 4.99 Å². The van der Waals surface area contributed by atoms with Crippen LogP contribution in [0.1, 0.15) is 41.4 Å². The van der Waals surface area contributed by atoms with Crippen molar-refractivity contribution in [2.24, 2.45) is 4.99 Å². The van der Waals surface area contributed by atoms with E-state index >= 15 is 0 Å². The number of carbonyl (C=O) groups excluding carboxylic acids is 2. The Morgan fingerprint density at radius 3 is 2.42 bits per heavy atom. The Morgan fingerprint density at radius 2 is 1.74 bits per heavy atom. The summed E-state index contributed by atoms with van der Waals surface area (Å²) in [5.74, 6) is -0.0371. The summed E-state index contributed by atoms with van der Waals surface area (Å²) >= 11 is 7.33. The number of nitrogens with zero attached hydrogens (tertiary/aromatic N) is 2. The van der Waals surface area contributed by atoms with Crippen LogP contribution in [-0.2, 0) is 9.53 Å². The van der Waals surface area contributed by atoms with Crippen LogP contribution in [0.2, 0.25) is 5.02 Å². The van der Waals surface area contributed by atoms with Gasteiger partial charge in [-0.1, -0.05) is 53.3 Å². The van der Waals surface area contributed by atoms with Crippen molar-refractivity contribution in [1.82, 2.24) is 4.57 Å². The van der Waals surface area contributed by atoms with E-state index in [-0.39, 0.29) is 34.1 Å². The molecule has 3 aromatic carbocycles. The van der Waals surface area contributed by atoms with Crippen molar-refractivity contribution in [2.45, 2.75) is 19.9 Å². The van der Waals surface area contributed by atoms with Crippen LogP contribution in [0, 0.1) is 0 Å². The van der Waals surface area contributed by atoms with Gasteiger partial charge in [-0.2, -0.15) is 0 Å². The molecule has 11 heteroatoms. The summed E-state index contributed by atoms with van der Waals surface area (Å²) in [6.07, 6.45) is 1.69. The van der Waals surface area contributed by atoms with Gasteiger partial charge in [-0.3, -0.25) is 9.36 Å². The van der Waals surface area contributed by atoms with Gasteiger partial charge >= 0.3 is 11.9 Å². The predicted molar refractivity (Wildman–Crippen MR) is 163 cm³/mol. The molecule has 0 bridgehead atoms. The number of halogens is 1. The molecule has 0 fully saturated rings. The molecule has 0 radical (unpaired) electrons. The van der Waals surface area contributed by atoms with E-state index in [0.717, 1.165) is 0 Å². The van der Waals surface area contributed by atoms with Gasteiger partial charge in [0, 0.05) is 0 Å². The number of hydrogen-bond donors (Lipinski definition) is 0. The first-order valence-corrected chi connectivity index (χ1v) is 14.4. The Hall–Kier alpha value is -4.67. The highest BCUT2D eigenvalue weighted by Crippen LogP contribution is 2.32. The van der Waals surface area contributed by atoms with Crippen LogP contribution >= 0.6 is 22.9 Å². The van der Waals surface area contributed by atoms with E-state index in [9.17, 15) is 14.4 Å². The number of fused-ring (bicyclic) bond motifs is 1. The average Bonchev–Trinajstić information content (AvgIpc) is 3.31. The monoisotopic (exact) mass is 618 g/mol. The molecule has 0 saturated carbocycles. The maximum Gasteiger partial charge on any atom is 0.345 e. The molecule has 0 spiro atoms. The van der Waals surface area contributed by atoms with Crippen LogP contribution in [-0.4, -0.2) is 37.3 Å². The van der Waals surface area contributed by atoms with Crippen molar-refractivity contribution in [3.8, 4) is 17.2 Å². The molecule has 1 aliphatic heterocycles. The van der Waals surface area contributed by atoms with Crippen LogP contribution in [0.25, 0.3) is 6.08 Å². The molecule has 0 aliphatic carbocycles. The van der Waals surface area contributed by atoms with Gasteiger partial charge in [0.05, 0.1) is 53.3 Å². The third kappa shape index (κ3) is 5.97. The highest BCUT2D eigenvalue weighted by atomic mass is 35.5. The molecular weight excluding hydrogens is 592 g/mol. The maximum absolute atomic E-state index is 13.9. The molecule has 0 N–H and O–H groups in total. The van der Waals surface area contributed by atoms with Crippen molar-refractivity contribution >= 4 is 41.0 Å². The Morgan fingerprint density at radius 1 is 1.00 bits per heavy atom. The van der Waals surface area contributed by atoms with Crippen LogP contribution in [0.3, 0.4) is 0 Å². The Bertz CT molecular complexity index is 1930. The first kappa shape index (κ1) is 29.8. The highest BCUT2D eigenvalue weighted by molar-refractivity contribution is 7.07.